The zero-order chi connectivity index (χ0) is 11.7. The number of likely N-dealkylation sites (N-methyl/N-ethyl adjacent to an activating group) is 1. The molecule has 4 N–H and O–H groups in total. The smallest absolute Gasteiger partial charge is 0.156 e. The zero-order valence-electron chi connectivity index (χ0n) is 9.73. The van der Waals surface area contributed by atoms with E-state index >= 15 is 0 Å². The first-order valence-electron chi connectivity index (χ1n) is 5.55. The predicted octanol–water partition coefficient (Wildman–Crippen LogP) is 0.0587. The molecule has 90 valence electrons. The average Bonchev–Trinajstić information content (AvgIpc) is 2.16. The number of nitrogens with two attached hydrogens (primary N) is 1. The molecule has 0 fully saturated rings. The maximum absolute atomic E-state index is 8.86. The maximum Gasteiger partial charge on any atom is 0.156 e. The van der Waals surface area contributed by atoms with Crippen molar-refractivity contribution in [2.45, 2.75) is 25.6 Å². The molecule has 0 aromatic rings. The number of unbranched alkanes of at least 4 members (excludes halogenated alkanes) is 1. The predicted molar refractivity (Wildman–Crippen MR) is 62.1 cm³/mol. The number of quaternary nitrogens is 1. The molecular weight excluding hydrogens is 192 g/mol. The van der Waals surface area contributed by atoms with Crippen LogP contribution in [0, 0.1) is 0 Å². The Morgan fingerprint density at radius 3 is 2.47 bits per heavy atom. The first-order chi connectivity index (χ1) is 7.04. The quantitative estimate of drug-likeness (QED) is 0.221. The molecule has 0 spiro atoms. The highest BCUT2D eigenvalue weighted by Gasteiger charge is 2.20. The molecule has 0 saturated carbocycles. The van der Waals surface area contributed by atoms with Gasteiger partial charge in [-0.05, 0) is 25.5 Å². The number of aliphatic hydroxyl groups excluding tert-OH is 1. The molecule has 0 saturated heterocycles. The fourth-order valence-corrected chi connectivity index (χ4v) is 1.67. The van der Waals surface area contributed by atoms with Crippen molar-refractivity contribution in [3.8, 4) is 0 Å². The van der Waals surface area contributed by atoms with Gasteiger partial charge in [0.2, 0.25) is 0 Å². The molecule has 0 aromatic heterocycles. The first-order valence-corrected chi connectivity index (χ1v) is 5.55. The van der Waals surface area contributed by atoms with Crippen molar-refractivity contribution >= 4 is 0 Å². The van der Waals surface area contributed by atoms with Gasteiger partial charge in [-0.25, -0.2) is 0 Å². The minimum absolute atomic E-state index is 0.410. The standard InChI is InChI=1S/C11H25N2O2/c1-3-8-13(2,9-5-4-7-12)10-6-11(14)15/h3,11,14-15H,1,4-10,12H2,2H3/q+1. The normalized spacial score (nSPS) is 15.3. The van der Waals surface area contributed by atoms with E-state index in [0.29, 0.717) is 6.42 Å². The molecule has 4 nitrogen and oxygen atoms in total. The topological polar surface area (TPSA) is 66.5 Å². The third kappa shape index (κ3) is 7.50. The van der Waals surface area contributed by atoms with Crippen LogP contribution in [0.1, 0.15) is 19.3 Å². The average molecular weight is 217 g/mol. The van der Waals surface area contributed by atoms with Gasteiger partial charge in [0, 0.05) is 6.42 Å². The first kappa shape index (κ1) is 14.6. The van der Waals surface area contributed by atoms with E-state index in [-0.39, 0.29) is 0 Å². The Bertz CT molecular complexity index is 174. The summed E-state index contributed by atoms with van der Waals surface area (Å²) < 4.78 is 0.807. The molecule has 15 heavy (non-hydrogen) atoms. The van der Waals surface area contributed by atoms with Crippen molar-refractivity contribution in [3.63, 3.8) is 0 Å². The molecule has 0 aromatic carbocycles. The largest absolute Gasteiger partial charge is 0.368 e. The minimum atomic E-state index is -1.21. The number of hydrogen-bond donors (Lipinski definition) is 3. The Kier molecular flexibility index (Phi) is 7.60. The van der Waals surface area contributed by atoms with E-state index in [1.807, 2.05) is 6.08 Å². The molecule has 0 rings (SSSR count). The van der Waals surface area contributed by atoms with Crippen LogP contribution in [0.2, 0.25) is 0 Å². The number of aliphatic hydroxyl groups is 2. The second kappa shape index (κ2) is 7.82. The minimum Gasteiger partial charge on any atom is -0.368 e. The lowest BCUT2D eigenvalue weighted by Crippen LogP contribution is -2.46. The summed E-state index contributed by atoms with van der Waals surface area (Å²) >= 11 is 0. The lowest BCUT2D eigenvalue weighted by molar-refractivity contribution is -0.905. The van der Waals surface area contributed by atoms with Crippen molar-refractivity contribution < 1.29 is 14.7 Å². The van der Waals surface area contributed by atoms with E-state index in [0.717, 1.165) is 43.5 Å². The van der Waals surface area contributed by atoms with E-state index in [2.05, 4.69) is 13.6 Å². The Morgan fingerprint density at radius 1 is 1.33 bits per heavy atom. The van der Waals surface area contributed by atoms with Crippen molar-refractivity contribution in [2.75, 3.05) is 33.2 Å². The highest BCUT2D eigenvalue weighted by molar-refractivity contribution is 4.65. The van der Waals surface area contributed by atoms with Crippen LogP contribution in [0.3, 0.4) is 0 Å². The van der Waals surface area contributed by atoms with E-state index in [4.69, 9.17) is 15.9 Å². The van der Waals surface area contributed by atoms with Gasteiger partial charge in [-0.2, -0.15) is 0 Å². The molecule has 0 radical (unpaired) electrons. The van der Waals surface area contributed by atoms with Crippen molar-refractivity contribution in [1.29, 1.82) is 0 Å². The highest BCUT2D eigenvalue weighted by atomic mass is 16.5. The second-order valence-corrected chi connectivity index (χ2v) is 4.30. The molecule has 0 aliphatic carbocycles. The third-order valence-corrected chi connectivity index (χ3v) is 2.65. The molecule has 1 unspecified atom stereocenters. The number of rotatable bonds is 9. The summed E-state index contributed by atoms with van der Waals surface area (Å²) in [5, 5.41) is 17.7. The van der Waals surface area contributed by atoms with Gasteiger partial charge in [-0.3, -0.25) is 0 Å². The lowest BCUT2D eigenvalue weighted by Gasteiger charge is -2.34. The Balaban J connectivity index is 3.99. The molecule has 0 bridgehead atoms. The summed E-state index contributed by atoms with van der Waals surface area (Å²) in [7, 11) is 2.11. The van der Waals surface area contributed by atoms with E-state index < -0.39 is 6.29 Å². The fraction of sp³-hybridized carbons (Fsp3) is 0.818. The Hall–Kier alpha value is -0.420. The van der Waals surface area contributed by atoms with Crippen LogP contribution in [-0.4, -0.2) is 54.2 Å². The summed E-state index contributed by atoms with van der Waals surface area (Å²) in [6.07, 6.45) is 3.18. The molecule has 0 amide bonds. The van der Waals surface area contributed by atoms with Gasteiger partial charge in [-0.15, -0.1) is 0 Å². The second-order valence-electron chi connectivity index (χ2n) is 4.30. The van der Waals surface area contributed by atoms with Gasteiger partial charge < -0.3 is 20.4 Å². The van der Waals surface area contributed by atoms with Crippen molar-refractivity contribution in [2.24, 2.45) is 5.73 Å². The van der Waals surface area contributed by atoms with Gasteiger partial charge in [0.05, 0.1) is 26.7 Å². The maximum atomic E-state index is 8.86. The van der Waals surface area contributed by atoms with Crippen LogP contribution >= 0.6 is 0 Å². The lowest BCUT2D eigenvalue weighted by atomic mass is 10.2. The van der Waals surface area contributed by atoms with Gasteiger partial charge in [0.1, 0.15) is 0 Å². The van der Waals surface area contributed by atoms with Crippen LogP contribution in [0.25, 0.3) is 0 Å². The molecule has 0 aliphatic heterocycles. The summed E-state index contributed by atoms with van der Waals surface area (Å²) in [6, 6.07) is 0. The van der Waals surface area contributed by atoms with Gasteiger partial charge >= 0.3 is 0 Å². The molecule has 0 aliphatic rings. The van der Waals surface area contributed by atoms with Gasteiger partial charge in [0.15, 0.2) is 6.29 Å². The molecular formula is C11H25N2O2+. The van der Waals surface area contributed by atoms with Crippen LogP contribution in [0.5, 0.6) is 0 Å². The van der Waals surface area contributed by atoms with E-state index in [1.165, 1.54) is 0 Å². The fourth-order valence-electron chi connectivity index (χ4n) is 1.67. The zero-order valence-corrected chi connectivity index (χ0v) is 9.73. The highest BCUT2D eigenvalue weighted by Crippen LogP contribution is 2.08. The molecule has 1 atom stereocenters. The van der Waals surface area contributed by atoms with E-state index in [1.54, 1.807) is 0 Å². The van der Waals surface area contributed by atoms with Crippen molar-refractivity contribution in [1.82, 2.24) is 0 Å². The summed E-state index contributed by atoms with van der Waals surface area (Å²) in [4.78, 5) is 0. The van der Waals surface area contributed by atoms with Crippen LogP contribution in [0.4, 0.5) is 0 Å². The monoisotopic (exact) mass is 217 g/mol. The Labute approximate surface area is 92.6 Å². The van der Waals surface area contributed by atoms with Crippen LogP contribution in [-0.2, 0) is 0 Å². The third-order valence-electron chi connectivity index (χ3n) is 2.65. The summed E-state index contributed by atoms with van der Waals surface area (Å²) in [6.45, 7) is 7.08. The van der Waals surface area contributed by atoms with Gasteiger partial charge in [-0.1, -0.05) is 6.58 Å². The van der Waals surface area contributed by atoms with Crippen LogP contribution < -0.4 is 5.73 Å². The SMILES string of the molecule is C=CC[N+](C)(CCCCN)CCC(O)O. The Morgan fingerprint density at radius 2 is 2.00 bits per heavy atom. The summed E-state index contributed by atoms with van der Waals surface area (Å²) in [5.74, 6) is 0. The van der Waals surface area contributed by atoms with Gasteiger partial charge in [0.25, 0.3) is 0 Å². The number of nitrogens with zero attached hydrogens (tertiary/aromatic N) is 1. The van der Waals surface area contributed by atoms with E-state index in [9.17, 15) is 0 Å². The molecule has 4 heteroatoms. The van der Waals surface area contributed by atoms with Crippen molar-refractivity contribution in [3.05, 3.63) is 12.7 Å². The summed E-state index contributed by atoms with van der Waals surface area (Å²) in [5.41, 5.74) is 5.45. The molecule has 0 heterocycles. The van der Waals surface area contributed by atoms with Crippen LogP contribution in [0.15, 0.2) is 12.7 Å². The number of hydrogen-bond acceptors (Lipinski definition) is 3.